The molecule has 7 amide bonds. The lowest BCUT2D eigenvalue weighted by molar-refractivity contribution is -0.131. The molecule has 15 nitrogen and oxygen atoms in total. The zero-order valence-electron chi connectivity index (χ0n) is 32.8. The Hall–Kier alpha value is -5.47. The zero-order chi connectivity index (χ0) is 40.9. The highest BCUT2D eigenvalue weighted by Crippen LogP contribution is 2.12. The third kappa shape index (κ3) is 18.2. The van der Waals surface area contributed by atoms with Crippen molar-refractivity contribution in [1.29, 1.82) is 0 Å². The van der Waals surface area contributed by atoms with Crippen LogP contribution in [0.2, 0.25) is 0 Å². The third-order valence-corrected chi connectivity index (χ3v) is 9.00. The topological polar surface area (TPSA) is 227 Å². The van der Waals surface area contributed by atoms with E-state index in [-0.39, 0.29) is 56.8 Å². The average Bonchev–Trinajstić information content (AvgIpc) is 3.12. The molecule has 0 spiro atoms. The van der Waals surface area contributed by atoms with Crippen LogP contribution in [0.4, 0.5) is 4.79 Å². The van der Waals surface area contributed by atoms with Gasteiger partial charge >= 0.3 is 6.09 Å². The van der Waals surface area contributed by atoms with E-state index in [0.717, 1.165) is 11.1 Å². The van der Waals surface area contributed by atoms with Gasteiger partial charge in [-0.3, -0.25) is 28.8 Å². The first-order valence-corrected chi connectivity index (χ1v) is 19.5. The fourth-order valence-corrected chi connectivity index (χ4v) is 6.18. The summed E-state index contributed by atoms with van der Waals surface area (Å²) in [6.07, 6.45) is 2.49. The number of hydrogen-bond donors (Lipinski definition) is 7. The van der Waals surface area contributed by atoms with E-state index < -0.39 is 59.5 Å². The Morgan fingerprint density at radius 1 is 0.696 bits per heavy atom. The summed E-state index contributed by atoms with van der Waals surface area (Å²) in [4.78, 5) is 91.4. The van der Waals surface area contributed by atoms with Crippen molar-refractivity contribution in [3.63, 3.8) is 0 Å². The maximum Gasteiger partial charge on any atom is 0.408 e. The van der Waals surface area contributed by atoms with E-state index in [1.54, 1.807) is 20.8 Å². The second kappa shape index (κ2) is 23.4. The summed E-state index contributed by atoms with van der Waals surface area (Å²) in [6, 6.07) is 14.5. The molecule has 0 aromatic heterocycles. The van der Waals surface area contributed by atoms with Crippen LogP contribution in [0.5, 0.6) is 0 Å². The summed E-state index contributed by atoms with van der Waals surface area (Å²) >= 11 is 0. The predicted octanol–water partition coefficient (Wildman–Crippen LogP) is 2.45. The largest absolute Gasteiger partial charge is 0.444 e. The van der Waals surface area contributed by atoms with Gasteiger partial charge < -0.3 is 42.4 Å². The van der Waals surface area contributed by atoms with Gasteiger partial charge in [0.1, 0.15) is 23.7 Å². The van der Waals surface area contributed by atoms with Gasteiger partial charge in [0.15, 0.2) is 0 Å². The van der Waals surface area contributed by atoms with Gasteiger partial charge in [0.25, 0.3) is 0 Å². The monoisotopic (exact) mass is 777 g/mol. The number of hydrogen-bond acceptors (Lipinski definition) is 8. The van der Waals surface area contributed by atoms with Crippen LogP contribution in [0, 0.1) is 0 Å². The molecule has 4 atom stereocenters. The van der Waals surface area contributed by atoms with Crippen LogP contribution >= 0.6 is 0 Å². The Bertz CT molecular complexity index is 1600. The fraction of sp³-hybridized carbons (Fsp3) is 0.537. The van der Waals surface area contributed by atoms with Gasteiger partial charge in [0.05, 0.1) is 0 Å². The van der Waals surface area contributed by atoms with Gasteiger partial charge in [-0.15, -0.1) is 0 Å². The van der Waals surface area contributed by atoms with Crippen LogP contribution in [0.25, 0.3) is 0 Å². The maximum absolute atomic E-state index is 13.9. The molecule has 8 N–H and O–H groups in total. The molecule has 0 bridgehead atoms. The van der Waals surface area contributed by atoms with Gasteiger partial charge in [-0.2, -0.15) is 0 Å². The first kappa shape index (κ1) is 44.9. The number of amides is 7. The molecule has 306 valence electrons. The second-order valence-corrected chi connectivity index (χ2v) is 15.1. The lowest BCUT2D eigenvalue weighted by Crippen LogP contribution is -2.55. The normalized spacial score (nSPS) is 22.2. The highest BCUT2D eigenvalue weighted by Gasteiger charge is 2.30. The molecule has 56 heavy (non-hydrogen) atoms. The van der Waals surface area contributed by atoms with Crippen molar-refractivity contribution in [2.75, 3.05) is 13.1 Å². The number of primary amides is 1. The molecule has 0 unspecified atom stereocenters. The Morgan fingerprint density at radius 3 is 1.80 bits per heavy atom. The number of carbonyl (C=O) groups is 7. The van der Waals surface area contributed by atoms with E-state index in [2.05, 4.69) is 31.9 Å². The van der Waals surface area contributed by atoms with Crippen LogP contribution in [-0.2, 0) is 46.3 Å². The average molecular weight is 778 g/mol. The SMILES string of the molecule is CC(C)(C)OC(=O)N[C@H]1CCCCNC(=O)CCCC(=O)NCCCC[C@@H](C(N)=O)NC(=O)[C@H](Cc2ccccc2)NC(=O)C[C@H](Cc2ccccc2)NC1=O. The number of alkyl carbamates (subject to hydrolysis) is 1. The van der Waals surface area contributed by atoms with E-state index in [9.17, 15) is 33.6 Å². The number of benzene rings is 2. The molecule has 1 fully saturated rings. The smallest absolute Gasteiger partial charge is 0.408 e. The molecule has 2 aromatic rings. The number of ether oxygens (including phenoxy) is 1. The quantitative estimate of drug-likeness (QED) is 0.230. The molecule has 1 saturated heterocycles. The van der Waals surface area contributed by atoms with Crippen molar-refractivity contribution in [3.05, 3.63) is 71.8 Å². The molecule has 2 aromatic carbocycles. The molecule has 0 radical (unpaired) electrons. The summed E-state index contributed by atoms with van der Waals surface area (Å²) in [6.45, 7) is 5.81. The zero-order valence-corrected chi connectivity index (χ0v) is 32.8. The lowest BCUT2D eigenvalue weighted by Gasteiger charge is -2.26. The minimum absolute atomic E-state index is 0.119. The van der Waals surface area contributed by atoms with Crippen LogP contribution in [0.15, 0.2) is 60.7 Å². The summed E-state index contributed by atoms with van der Waals surface area (Å²) in [5.41, 5.74) is 6.47. The molecule has 3 rings (SSSR count). The minimum atomic E-state index is -1.08. The summed E-state index contributed by atoms with van der Waals surface area (Å²) < 4.78 is 5.43. The van der Waals surface area contributed by atoms with Crippen LogP contribution in [0.1, 0.15) is 96.1 Å². The highest BCUT2D eigenvalue weighted by atomic mass is 16.6. The Morgan fingerprint density at radius 2 is 1.25 bits per heavy atom. The van der Waals surface area contributed by atoms with Gasteiger partial charge in [-0.1, -0.05) is 60.7 Å². The maximum atomic E-state index is 13.9. The van der Waals surface area contributed by atoms with Crippen molar-refractivity contribution >= 4 is 41.5 Å². The van der Waals surface area contributed by atoms with Crippen LogP contribution in [-0.4, -0.2) is 84.4 Å². The van der Waals surface area contributed by atoms with E-state index in [1.807, 2.05) is 60.7 Å². The minimum Gasteiger partial charge on any atom is -0.444 e. The number of rotatable bonds is 6. The predicted molar refractivity (Wildman–Crippen MR) is 211 cm³/mol. The third-order valence-electron chi connectivity index (χ3n) is 9.00. The molecule has 1 aliphatic heterocycles. The fourth-order valence-electron chi connectivity index (χ4n) is 6.18. The van der Waals surface area contributed by atoms with E-state index in [1.165, 1.54) is 0 Å². The number of nitrogens with one attached hydrogen (secondary N) is 6. The van der Waals surface area contributed by atoms with Gasteiger partial charge in [0.2, 0.25) is 35.4 Å². The Balaban J connectivity index is 1.88. The summed E-state index contributed by atoms with van der Waals surface area (Å²) in [5.74, 6) is -2.80. The Labute approximate surface area is 329 Å². The molecule has 0 aliphatic carbocycles. The van der Waals surface area contributed by atoms with Crippen molar-refractivity contribution < 1.29 is 38.3 Å². The van der Waals surface area contributed by atoms with Crippen molar-refractivity contribution in [3.8, 4) is 0 Å². The highest BCUT2D eigenvalue weighted by molar-refractivity contribution is 5.92. The molecule has 15 heteroatoms. The number of nitrogens with two attached hydrogens (primary N) is 1. The molecular weight excluding hydrogens is 718 g/mol. The first-order chi connectivity index (χ1) is 26.7. The first-order valence-electron chi connectivity index (χ1n) is 19.5. The molecular formula is C41H59N7O8. The van der Waals surface area contributed by atoms with Crippen molar-refractivity contribution in [1.82, 2.24) is 31.9 Å². The van der Waals surface area contributed by atoms with Crippen LogP contribution in [0.3, 0.4) is 0 Å². The number of carbonyl (C=O) groups excluding carboxylic acids is 7. The molecule has 0 saturated carbocycles. The lowest BCUT2D eigenvalue weighted by atomic mass is 10.00. The van der Waals surface area contributed by atoms with Crippen molar-refractivity contribution in [2.24, 2.45) is 5.73 Å². The van der Waals surface area contributed by atoms with Gasteiger partial charge in [-0.05, 0) is 83.3 Å². The van der Waals surface area contributed by atoms with Gasteiger partial charge in [-0.25, -0.2) is 4.79 Å². The van der Waals surface area contributed by atoms with E-state index in [4.69, 9.17) is 10.5 Å². The standard InChI is InChI=1S/C41H59N7O8/c1-41(2,3)56-40(55)48-32-20-11-13-24-44-35(50)22-14-21-34(49)43-23-12-10-19-31(37(42)52)47-39(54)33(26-29-17-8-5-9-18-29)46-36(51)27-30(45-38(32)53)25-28-15-6-4-7-16-28/h4-9,15-18,30-33H,10-14,19-27H2,1-3H3,(H2,42,52)(H,43,49)(H,44,50)(H,45,53)(H,46,51)(H,47,54)(H,48,55)/t30-,31-,32-,33-/m0/s1. The van der Waals surface area contributed by atoms with Crippen LogP contribution < -0.4 is 37.6 Å². The molecule has 1 heterocycles. The van der Waals surface area contributed by atoms with E-state index >= 15 is 0 Å². The second-order valence-electron chi connectivity index (χ2n) is 15.1. The van der Waals surface area contributed by atoms with Crippen molar-refractivity contribution in [2.45, 2.75) is 128 Å². The van der Waals surface area contributed by atoms with E-state index in [0.29, 0.717) is 45.2 Å². The summed E-state index contributed by atoms with van der Waals surface area (Å²) in [5, 5.41) is 16.8. The summed E-state index contributed by atoms with van der Waals surface area (Å²) in [7, 11) is 0. The Kier molecular flexibility index (Phi) is 18.8. The van der Waals surface area contributed by atoms with Gasteiger partial charge in [0, 0.05) is 44.8 Å². The molecule has 1 aliphatic rings.